The van der Waals surface area contributed by atoms with Gasteiger partial charge in [-0.2, -0.15) is 0 Å². The van der Waals surface area contributed by atoms with E-state index >= 15 is 0 Å². The molecule has 1 N–H and O–H groups in total. The topological polar surface area (TPSA) is 92.8 Å². The van der Waals surface area contributed by atoms with Gasteiger partial charge in [0.15, 0.2) is 0 Å². The normalized spacial score (nSPS) is 16.1. The largest absolute Gasteiger partial charge is 0.465 e. The Balaban J connectivity index is 1.60. The van der Waals surface area contributed by atoms with Crippen molar-refractivity contribution in [3.63, 3.8) is 0 Å². The van der Waals surface area contributed by atoms with Crippen LogP contribution in [-0.4, -0.2) is 38.8 Å². The Kier molecular flexibility index (Phi) is 6.39. The number of sulfonamides is 1. The molecule has 0 bridgehead atoms. The molecule has 1 saturated carbocycles. The lowest BCUT2D eigenvalue weighted by atomic mass is 10.0. The molecule has 166 valence electrons. The van der Waals surface area contributed by atoms with Gasteiger partial charge in [0, 0.05) is 29.4 Å². The summed E-state index contributed by atoms with van der Waals surface area (Å²) < 4.78 is 33.6. The molecule has 1 aromatic heterocycles. The van der Waals surface area contributed by atoms with Crippen molar-refractivity contribution in [2.24, 2.45) is 5.92 Å². The Labute approximate surface area is 190 Å². The SMILES string of the molecule is COC(=O)c1c(S(=O)(=O)NCc2cccc(Cl)c2)sc2c1CCN(C(=O)CC1CC1)C2. The van der Waals surface area contributed by atoms with Crippen molar-refractivity contribution in [1.82, 2.24) is 9.62 Å². The van der Waals surface area contributed by atoms with E-state index in [4.69, 9.17) is 16.3 Å². The first-order valence-corrected chi connectivity index (χ1v) is 12.7. The average molecular weight is 483 g/mol. The maximum absolute atomic E-state index is 13.1. The highest BCUT2D eigenvalue weighted by atomic mass is 35.5. The summed E-state index contributed by atoms with van der Waals surface area (Å²) in [6, 6.07) is 6.88. The van der Waals surface area contributed by atoms with Crippen LogP contribution in [0.1, 0.15) is 45.6 Å². The van der Waals surface area contributed by atoms with Crippen LogP contribution in [0.5, 0.6) is 0 Å². The number of rotatable bonds is 7. The molecular formula is C21H23ClN2O5S2. The van der Waals surface area contributed by atoms with E-state index in [2.05, 4.69) is 4.72 Å². The number of nitrogens with one attached hydrogen (secondary N) is 1. The lowest BCUT2D eigenvalue weighted by Crippen LogP contribution is -2.35. The van der Waals surface area contributed by atoms with E-state index in [9.17, 15) is 18.0 Å². The summed E-state index contributed by atoms with van der Waals surface area (Å²) in [6.07, 6.45) is 3.15. The van der Waals surface area contributed by atoms with Crippen molar-refractivity contribution in [3.05, 3.63) is 50.9 Å². The van der Waals surface area contributed by atoms with Gasteiger partial charge in [0.1, 0.15) is 4.21 Å². The molecule has 10 heteroatoms. The second-order valence-corrected chi connectivity index (χ2v) is 11.3. The third-order valence-corrected chi connectivity index (χ3v) is 8.90. The minimum atomic E-state index is -3.98. The van der Waals surface area contributed by atoms with Crippen LogP contribution >= 0.6 is 22.9 Å². The highest BCUT2D eigenvalue weighted by molar-refractivity contribution is 7.91. The number of ether oxygens (including phenoxy) is 1. The van der Waals surface area contributed by atoms with Gasteiger partial charge in [0.25, 0.3) is 10.0 Å². The molecule has 1 aromatic carbocycles. The van der Waals surface area contributed by atoms with Crippen molar-refractivity contribution >= 4 is 44.8 Å². The van der Waals surface area contributed by atoms with Crippen molar-refractivity contribution in [2.75, 3.05) is 13.7 Å². The Morgan fingerprint density at radius 3 is 2.77 bits per heavy atom. The van der Waals surface area contributed by atoms with Gasteiger partial charge >= 0.3 is 5.97 Å². The van der Waals surface area contributed by atoms with Crippen molar-refractivity contribution in [3.8, 4) is 0 Å². The van der Waals surface area contributed by atoms with E-state index in [1.807, 2.05) is 0 Å². The zero-order valence-corrected chi connectivity index (χ0v) is 19.4. The molecule has 0 spiro atoms. The van der Waals surface area contributed by atoms with Gasteiger partial charge < -0.3 is 9.64 Å². The number of methoxy groups -OCH3 is 1. The van der Waals surface area contributed by atoms with Crippen LogP contribution in [0.3, 0.4) is 0 Å². The van der Waals surface area contributed by atoms with E-state index in [1.54, 1.807) is 29.2 Å². The summed E-state index contributed by atoms with van der Waals surface area (Å²) in [5.74, 6) is -0.113. The summed E-state index contributed by atoms with van der Waals surface area (Å²) in [4.78, 5) is 27.5. The predicted octanol–water partition coefficient (Wildman–Crippen LogP) is 3.35. The second-order valence-electron chi connectivity index (χ2n) is 7.83. The van der Waals surface area contributed by atoms with E-state index in [0.717, 1.165) is 29.1 Å². The number of fused-ring (bicyclic) bond motifs is 1. The van der Waals surface area contributed by atoms with Gasteiger partial charge in [-0.1, -0.05) is 23.7 Å². The lowest BCUT2D eigenvalue weighted by molar-refractivity contribution is -0.132. The highest BCUT2D eigenvalue weighted by Gasteiger charge is 2.35. The number of halogens is 1. The molecule has 0 saturated heterocycles. The lowest BCUT2D eigenvalue weighted by Gasteiger charge is -2.27. The molecule has 0 unspecified atom stereocenters. The molecule has 2 aromatic rings. The molecule has 2 heterocycles. The molecular weight excluding hydrogens is 460 g/mol. The van der Waals surface area contributed by atoms with Crippen LogP contribution in [0.25, 0.3) is 0 Å². The zero-order valence-electron chi connectivity index (χ0n) is 17.0. The highest BCUT2D eigenvalue weighted by Crippen LogP contribution is 2.38. The van der Waals surface area contributed by atoms with Crippen LogP contribution in [0.2, 0.25) is 5.02 Å². The fraction of sp³-hybridized carbons (Fsp3) is 0.429. The molecule has 4 rings (SSSR count). The standard InChI is InChI=1S/C21H23ClN2O5S2/c1-29-20(26)19-16-7-8-24(18(25)10-13-5-6-13)12-17(16)30-21(19)31(27,28)23-11-14-3-2-4-15(22)9-14/h2-4,9,13,23H,5-8,10-12H2,1H3. The van der Waals surface area contributed by atoms with Crippen LogP contribution in [0, 0.1) is 5.92 Å². The van der Waals surface area contributed by atoms with Crippen LogP contribution in [-0.2, 0) is 39.1 Å². The third kappa shape index (κ3) is 4.95. The van der Waals surface area contributed by atoms with Crippen LogP contribution in [0.4, 0.5) is 0 Å². The Morgan fingerprint density at radius 2 is 2.10 bits per heavy atom. The number of esters is 1. The Morgan fingerprint density at radius 1 is 1.32 bits per heavy atom. The van der Waals surface area contributed by atoms with Gasteiger partial charge in [-0.05, 0) is 48.4 Å². The number of carbonyl (C=O) groups excluding carboxylic acids is 2. The summed E-state index contributed by atoms with van der Waals surface area (Å²) >= 11 is 7.01. The first-order chi connectivity index (χ1) is 14.8. The van der Waals surface area contributed by atoms with Gasteiger partial charge in [0.2, 0.25) is 5.91 Å². The van der Waals surface area contributed by atoms with E-state index in [0.29, 0.717) is 48.0 Å². The van der Waals surface area contributed by atoms with E-state index in [1.165, 1.54) is 7.11 Å². The monoisotopic (exact) mass is 482 g/mol. The van der Waals surface area contributed by atoms with Crippen LogP contribution in [0.15, 0.2) is 28.5 Å². The molecule has 1 amide bonds. The Bertz CT molecular complexity index is 1120. The number of carbonyl (C=O) groups is 2. The molecule has 0 atom stereocenters. The van der Waals surface area contributed by atoms with Gasteiger partial charge in [0.05, 0.1) is 19.2 Å². The number of hydrogen-bond donors (Lipinski definition) is 1. The average Bonchev–Trinajstić information content (AvgIpc) is 3.47. The fourth-order valence-corrected chi connectivity index (χ4v) is 6.85. The fourth-order valence-electron chi connectivity index (χ4n) is 3.68. The quantitative estimate of drug-likeness (QED) is 0.611. The summed E-state index contributed by atoms with van der Waals surface area (Å²) in [5.41, 5.74) is 1.44. The maximum atomic E-state index is 13.1. The summed E-state index contributed by atoms with van der Waals surface area (Å²) in [6.45, 7) is 0.826. The molecule has 31 heavy (non-hydrogen) atoms. The smallest absolute Gasteiger partial charge is 0.340 e. The van der Waals surface area contributed by atoms with Crippen molar-refractivity contribution in [2.45, 2.75) is 43.0 Å². The summed E-state index contributed by atoms with van der Waals surface area (Å²) in [7, 11) is -2.74. The number of nitrogens with zero attached hydrogens (tertiary/aromatic N) is 1. The first kappa shape index (κ1) is 22.3. The second kappa shape index (κ2) is 8.90. The van der Waals surface area contributed by atoms with Crippen molar-refractivity contribution < 1.29 is 22.7 Å². The van der Waals surface area contributed by atoms with E-state index < -0.39 is 16.0 Å². The molecule has 1 aliphatic heterocycles. The Hall–Kier alpha value is -1.94. The molecule has 1 aliphatic carbocycles. The van der Waals surface area contributed by atoms with Gasteiger partial charge in [-0.3, -0.25) is 4.79 Å². The van der Waals surface area contributed by atoms with Crippen molar-refractivity contribution in [1.29, 1.82) is 0 Å². The molecule has 7 nitrogen and oxygen atoms in total. The maximum Gasteiger partial charge on any atom is 0.340 e. The molecule has 0 radical (unpaired) electrons. The minimum absolute atomic E-state index is 0.0398. The number of benzene rings is 1. The molecule has 2 aliphatic rings. The van der Waals surface area contributed by atoms with E-state index in [-0.39, 0.29) is 22.2 Å². The van der Waals surface area contributed by atoms with Gasteiger partial charge in [-0.25, -0.2) is 17.9 Å². The number of hydrogen-bond acceptors (Lipinski definition) is 6. The van der Waals surface area contributed by atoms with Crippen LogP contribution < -0.4 is 4.72 Å². The predicted molar refractivity (Wildman–Crippen MR) is 118 cm³/mol. The zero-order chi connectivity index (χ0) is 22.2. The number of thiophene rings is 1. The third-order valence-electron chi connectivity index (χ3n) is 5.53. The number of amides is 1. The summed E-state index contributed by atoms with van der Waals surface area (Å²) in [5, 5.41) is 0.509. The minimum Gasteiger partial charge on any atom is -0.465 e. The van der Waals surface area contributed by atoms with Gasteiger partial charge in [-0.15, -0.1) is 11.3 Å². The first-order valence-electron chi connectivity index (χ1n) is 10.0. The molecule has 1 fully saturated rings.